The van der Waals surface area contributed by atoms with Gasteiger partial charge in [-0.1, -0.05) is 30.3 Å². The molecule has 0 unspecified atom stereocenters. The van der Waals surface area contributed by atoms with Crippen molar-refractivity contribution < 1.29 is 9.90 Å². The van der Waals surface area contributed by atoms with Gasteiger partial charge in [0, 0.05) is 5.75 Å². The van der Waals surface area contributed by atoms with Gasteiger partial charge in [-0.3, -0.25) is 0 Å². The average Bonchev–Trinajstić information content (AvgIpc) is 2.17. The number of carboxylic acids is 1. The van der Waals surface area contributed by atoms with Crippen LogP contribution in [0.2, 0.25) is 0 Å². The van der Waals surface area contributed by atoms with Crippen molar-refractivity contribution in [3.05, 3.63) is 35.9 Å². The fourth-order valence-electron chi connectivity index (χ4n) is 1.02. The van der Waals surface area contributed by atoms with E-state index in [-0.39, 0.29) is 5.75 Å². The monoisotopic (exact) mass is 197 g/mol. The van der Waals surface area contributed by atoms with E-state index in [1.54, 1.807) is 24.3 Å². The molecule has 1 aromatic rings. The number of benzene rings is 1. The lowest BCUT2D eigenvalue weighted by molar-refractivity contribution is -0.142. The van der Waals surface area contributed by atoms with Crippen LogP contribution in [0.25, 0.3) is 0 Å². The minimum atomic E-state index is -1.38. The Morgan fingerprint density at radius 1 is 1.46 bits per heavy atom. The van der Waals surface area contributed by atoms with Crippen LogP contribution < -0.4 is 5.73 Å². The summed E-state index contributed by atoms with van der Waals surface area (Å²) < 4.78 is 0. The molecule has 70 valence electrons. The molecule has 0 spiro atoms. The molecule has 3 nitrogen and oxygen atoms in total. The predicted octanol–water partition coefficient (Wildman–Crippen LogP) is 0.855. The number of thiol groups is 1. The zero-order valence-corrected chi connectivity index (χ0v) is 7.87. The second-order valence-electron chi connectivity index (χ2n) is 2.80. The third-order valence-corrected chi connectivity index (χ3v) is 2.42. The van der Waals surface area contributed by atoms with Gasteiger partial charge < -0.3 is 10.8 Å². The Morgan fingerprint density at radius 2 is 2.00 bits per heavy atom. The maximum absolute atomic E-state index is 10.9. The molecule has 0 aliphatic rings. The van der Waals surface area contributed by atoms with Crippen molar-refractivity contribution in [3.8, 4) is 0 Å². The fraction of sp³-hybridized carbons (Fsp3) is 0.222. The number of hydrogen-bond donors (Lipinski definition) is 3. The molecule has 0 fully saturated rings. The van der Waals surface area contributed by atoms with E-state index < -0.39 is 11.5 Å². The Labute approximate surface area is 82.0 Å². The highest BCUT2D eigenvalue weighted by Gasteiger charge is 2.34. The van der Waals surface area contributed by atoms with Gasteiger partial charge in [0.05, 0.1) is 0 Å². The van der Waals surface area contributed by atoms with Crippen LogP contribution in [0, 0.1) is 0 Å². The molecule has 0 saturated carbocycles. The molecule has 0 saturated heterocycles. The molecule has 3 N–H and O–H groups in total. The lowest BCUT2D eigenvalue weighted by Crippen LogP contribution is -2.46. The molecule has 1 atom stereocenters. The van der Waals surface area contributed by atoms with Gasteiger partial charge in [0.2, 0.25) is 0 Å². The summed E-state index contributed by atoms with van der Waals surface area (Å²) in [5.41, 5.74) is 4.87. The smallest absolute Gasteiger partial charge is 0.329 e. The average molecular weight is 197 g/mol. The van der Waals surface area contributed by atoms with Crippen LogP contribution >= 0.6 is 12.6 Å². The van der Waals surface area contributed by atoms with E-state index in [0.717, 1.165) is 0 Å². The van der Waals surface area contributed by atoms with Crippen LogP contribution in [-0.4, -0.2) is 16.8 Å². The molecule has 0 aliphatic carbocycles. The highest BCUT2D eigenvalue weighted by atomic mass is 32.1. The van der Waals surface area contributed by atoms with Crippen molar-refractivity contribution in [2.75, 3.05) is 5.75 Å². The highest BCUT2D eigenvalue weighted by Crippen LogP contribution is 2.19. The normalized spacial score (nSPS) is 14.9. The SMILES string of the molecule is N[C@@](CS)(C(=O)O)c1ccccc1. The number of rotatable bonds is 3. The number of aliphatic carboxylic acids is 1. The Hall–Kier alpha value is -1.00. The highest BCUT2D eigenvalue weighted by molar-refractivity contribution is 7.80. The zero-order valence-electron chi connectivity index (χ0n) is 6.97. The van der Waals surface area contributed by atoms with Gasteiger partial charge in [-0.25, -0.2) is 4.79 Å². The van der Waals surface area contributed by atoms with Gasteiger partial charge in [-0.15, -0.1) is 0 Å². The lowest BCUT2D eigenvalue weighted by Gasteiger charge is -2.22. The Bertz CT molecular complexity index is 302. The Balaban J connectivity index is 3.11. The van der Waals surface area contributed by atoms with Crippen molar-refractivity contribution in [1.82, 2.24) is 0 Å². The Kier molecular flexibility index (Phi) is 2.95. The standard InChI is InChI=1S/C9H11NO2S/c10-9(6-13,8(11)12)7-4-2-1-3-5-7/h1-5,13H,6,10H2,(H,11,12)/t9-/m1/s1. The summed E-state index contributed by atoms with van der Waals surface area (Å²) in [5.74, 6) is -0.986. The van der Waals surface area contributed by atoms with E-state index in [1.807, 2.05) is 6.07 Å². The van der Waals surface area contributed by atoms with Crippen LogP contribution in [0.5, 0.6) is 0 Å². The number of carbonyl (C=O) groups is 1. The van der Waals surface area contributed by atoms with Crippen molar-refractivity contribution in [2.45, 2.75) is 5.54 Å². The molecule has 0 aromatic heterocycles. The zero-order chi connectivity index (χ0) is 9.90. The molecule has 4 heteroatoms. The van der Waals surface area contributed by atoms with Gasteiger partial charge in [-0.05, 0) is 5.56 Å². The molecule has 0 aliphatic heterocycles. The molecule has 1 rings (SSSR count). The van der Waals surface area contributed by atoms with Crippen LogP contribution in [0.15, 0.2) is 30.3 Å². The van der Waals surface area contributed by atoms with Gasteiger partial charge in [0.15, 0.2) is 0 Å². The lowest BCUT2D eigenvalue weighted by atomic mass is 9.93. The third-order valence-electron chi connectivity index (χ3n) is 1.92. The molecule has 0 amide bonds. The van der Waals surface area contributed by atoms with Crippen molar-refractivity contribution >= 4 is 18.6 Å². The summed E-state index contributed by atoms with van der Waals surface area (Å²) in [7, 11) is 0. The minimum absolute atomic E-state index is 0.0757. The summed E-state index contributed by atoms with van der Waals surface area (Å²) in [4.78, 5) is 10.9. The topological polar surface area (TPSA) is 63.3 Å². The van der Waals surface area contributed by atoms with Gasteiger partial charge >= 0.3 is 5.97 Å². The van der Waals surface area contributed by atoms with Crippen LogP contribution in [0.3, 0.4) is 0 Å². The van der Waals surface area contributed by atoms with Crippen LogP contribution in [0.4, 0.5) is 0 Å². The maximum Gasteiger partial charge on any atom is 0.329 e. The molecular formula is C9H11NO2S. The molecule has 0 heterocycles. The van der Waals surface area contributed by atoms with E-state index in [0.29, 0.717) is 5.56 Å². The van der Waals surface area contributed by atoms with E-state index in [2.05, 4.69) is 12.6 Å². The summed E-state index contributed by atoms with van der Waals surface area (Å²) in [6.07, 6.45) is 0. The number of hydrogen-bond acceptors (Lipinski definition) is 3. The second-order valence-corrected chi connectivity index (χ2v) is 3.12. The van der Waals surface area contributed by atoms with E-state index >= 15 is 0 Å². The first kappa shape index (κ1) is 10.1. The van der Waals surface area contributed by atoms with Crippen molar-refractivity contribution in [3.63, 3.8) is 0 Å². The summed E-state index contributed by atoms with van der Waals surface area (Å²) in [6.45, 7) is 0. The summed E-state index contributed by atoms with van der Waals surface area (Å²) >= 11 is 3.95. The summed E-state index contributed by atoms with van der Waals surface area (Å²) in [6, 6.07) is 8.69. The quantitative estimate of drug-likeness (QED) is 0.630. The second kappa shape index (κ2) is 3.81. The van der Waals surface area contributed by atoms with Gasteiger partial charge in [-0.2, -0.15) is 12.6 Å². The number of carboxylic acid groups (broad SMARTS) is 1. The van der Waals surface area contributed by atoms with Crippen molar-refractivity contribution in [2.24, 2.45) is 5.73 Å². The first-order chi connectivity index (χ1) is 6.11. The molecule has 0 radical (unpaired) electrons. The first-order valence-electron chi connectivity index (χ1n) is 3.80. The van der Waals surface area contributed by atoms with E-state index in [4.69, 9.17) is 10.8 Å². The predicted molar refractivity (Wildman–Crippen MR) is 53.8 cm³/mol. The molecule has 13 heavy (non-hydrogen) atoms. The van der Waals surface area contributed by atoms with Gasteiger partial charge in [0.25, 0.3) is 0 Å². The molecular weight excluding hydrogens is 186 g/mol. The van der Waals surface area contributed by atoms with Crippen molar-refractivity contribution in [1.29, 1.82) is 0 Å². The summed E-state index contributed by atoms with van der Waals surface area (Å²) in [5, 5.41) is 8.91. The fourth-order valence-corrected chi connectivity index (χ4v) is 1.34. The molecule has 1 aromatic carbocycles. The Morgan fingerprint density at radius 3 is 2.38 bits per heavy atom. The third kappa shape index (κ3) is 1.84. The van der Waals surface area contributed by atoms with E-state index in [9.17, 15) is 4.79 Å². The first-order valence-corrected chi connectivity index (χ1v) is 4.43. The van der Waals surface area contributed by atoms with Gasteiger partial charge in [0.1, 0.15) is 5.54 Å². The molecule has 0 bridgehead atoms. The number of nitrogens with two attached hydrogens (primary N) is 1. The van der Waals surface area contributed by atoms with Crippen LogP contribution in [0.1, 0.15) is 5.56 Å². The van der Waals surface area contributed by atoms with E-state index in [1.165, 1.54) is 0 Å². The maximum atomic E-state index is 10.9. The van der Waals surface area contributed by atoms with Crippen LogP contribution in [-0.2, 0) is 10.3 Å². The largest absolute Gasteiger partial charge is 0.480 e. The minimum Gasteiger partial charge on any atom is -0.480 e.